The zero-order valence-electron chi connectivity index (χ0n) is 38.2. The molecular formula is C49H51ClN8O7S2. The fraction of sp³-hybridized carbons (Fsp3) is 0.306. The zero-order valence-corrected chi connectivity index (χ0v) is 40.6. The molecule has 2 N–H and O–H groups in total. The molecular weight excluding hydrogens is 912 g/mol. The van der Waals surface area contributed by atoms with Crippen molar-refractivity contribution < 1.29 is 32.6 Å². The van der Waals surface area contributed by atoms with Gasteiger partial charge in [0.1, 0.15) is 33.9 Å². The third-order valence-corrected chi connectivity index (χ3v) is 15.4. The maximum Gasteiger partial charge on any atom is 0.304 e. The number of imidazole rings is 1. The molecule has 2 atom stereocenters. The molecule has 1 aliphatic rings. The van der Waals surface area contributed by atoms with Gasteiger partial charge in [-0.2, -0.15) is 4.31 Å². The van der Waals surface area contributed by atoms with Crippen LogP contribution in [0.15, 0.2) is 95.1 Å². The summed E-state index contributed by atoms with van der Waals surface area (Å²) in [5, 5.41) is 23.4. The quantitative estimate of drug-likeness (QED) is 0.0841. The summed E-state index contributed by atoms with van der Waals surface area (Å²) in [6, 6.07) is 22.5. The van der Waals surface area contributed by atoms with Crippen LogP contribution in [0.25, 0.3) is 16.0 Å². The topological polar surface area (TPSA) is 183 Å². The van der Waals surface area contributed by atoms with E-state index in [1.54, 1.807) is 36.9 Å². The van der Waals surface area contributed by atoms with E-state index < -0.39 is 28.0 Å². The molecule has 0 bridgehead atoms. The Bertz CT molecular complexity index is 3140. The van der Waals surface area contributed by atoms with Gasteiger partial charge in [0, 0.05) is 54.1 Å². The highest BCUT2D eigenvalue weighted by Gasteiger charge is 2.33. The summed E-state index contributed by atoms with van der Waals surface area (Å²) in [5.74, 6) is 0.658. The number of nitrogens with zero attached hydrogens (tertiary/aromatic N) is 7. The van der Waals surface area contributed by atoms with Gasteiger partial charge in [-0.1, -0.05) is 41.9 Å². The molecule has 0 saturated carbocycles. The van der Waals surface area contributed by atoms with Crippen molar-refractivity contribution in [1.82, 2.24) is 33.9 Å². The predicted octanol–water partition coefficient (Wildman–Crippen LogP) is 8.41. The molecule has 1 aliphatic heterocycles. The number of sulfonamides is 1. The third-order valence-electron chi connectivity index (χ3n) is 12.1. The van der Waals surface area contributed by atoms with Crippen LogP contribution >= 0.6 is 22.9 Å². The van der Waals surface area contributed by atoms with Crippen LogP contribution in [0.3, 0.4) is 0 Å². The van der Waals surface area contributed by atoms with Crippen molar-refractivity contribution in [2.45, 2.75) is 70.4 Å². The van der Waals surface area contributed by atoms with Gasteiger partial charge < -0.3 is 24.5 Å². The first-order valence-corrected chi connectivity index (χ1v) is 24.3. The fourth-order valence-electron chi connectivity index (χ4n) is 8.39. The van der Waals surface area contributed by atoms with Crippen LogP contribution in [0.1, 0.15) is 86.7 Å². The highest BCUT2D eigenvalue weighted by molar-refractivity contribution is 7.89. The number of methoxy groups -OCH3 is 1. The first-order chi connectivity index (χ1) is 32.0. The van der Waals surface area contributed by atoms with Crippen molar-refractivity contribution in [3.05, 3.63) is 146 Å². The number of rotatable bonds is 17. The number of carbonyl (C=O) groups is 2. The zero-order chi connectivity index (χ0) is 47.7. The molecule has 0 aliphatic carbocycles. The van der Waals surface area contributed by atoms with Gasteiger partial charge in [0.25, 0.3) is 0 Å². The highest BCUT2D eigenvalue weighted by atomic mass is 35.5. The SMILES string of the molecule is COc1cc(C(CC(=O)O)c2ccc(C)c(CN(C)S(=O)(=O)c3ccc(OCCCNC(=O)C[C@@H]4N=C(c5ccc(Cl)cc5)c5c(sc(C)c5C)-n5c(C)nnc54)cc3)c2)cc2ncn(C)c12. The number of benzene rings is 4. The number of ether oxygens (including phenoxy) is 2. The van der Waals surface area contributed by atoms with Crippen molar-refractivity contribution in [2.24, 2.45) is 12.0 Å². The molecule has 0 radical (unpaired) electrons. The minimum atomic E-state index is -3.93. The molecule has 1 amide bonds. The number of carboxylic acid groups (broad SMARTS) is 1. The molecule has 8 rings (SSSR count). The Morgan fingerprint density at radius 2 is 1.73 bits per heavy atom. The van der Waals surface area contributed by atoms with E-state index in [0.29, 0.717) is 46.7 Å². The number of hydrogen-bond donors (Lipinski definition) is 2. The highest BCUT2D eigenvalue weighted by Crippen LogP contribution is 2.40. The molecule has 4 aromatic carbocycles. The van der Waals surface area contributed by atoms with E-state index in [4.69, 9.17) is 26.1 Å². The Labute approximate surface area is 398 Å². The van der Waals surface area contributed by atoms with Crippen LogP contribution in [0, 0.1) is 27.7 Å². The number of aliphatic carboxylic acids is 1. The Balaban J connectivity index is 0.881. The predicted molar refractivity (Wildman–Crippen MR) is 259 cm³/mol. The van der Waals surface area contributed by atoms with Crippen molar-refractivity contribution >= 4 is 61.6 Å². The molecule has 4 heterocycles. The van der Waals surface area contributed by atoms with E-state index in [1.807, 2.05) is 84.6 Å². The molecule has 0 spiro atoms. The normalized spacial score (nSPS) is 14.0. The minimum Gasteiger partial charge on any atom is -0.494 e. The Hall–Kier alpha value is -6.40. The van der Waals surface area contributed by atoms with E-state index in [0.717, 1.165) is 60.1 Å². The number of aliphatic imine (C=N–C) groups is 1. The van der Waals surface area contributed by atoms with Crippen LogP contribution in [0.5, 0.6) is 11.5 Å². The van der Waals surface area contributed by atoms with E-state index in [-0.39, 0.29) is 36.8 Å². The lowest BCUT2D eigenvalue weighted by molar-refractivity contribution is -0.137. The first kappa shape index (κ1) is 47.1. The minimum absolute atomic E-state index is 0.0551. The van der Waals surface area contributed by atoms with Gasteiger partial charge in [-0.15, -0.1) is 21.5 Å². The third kappa shape index (κ3) is 9.72. The molecule has 7 aromatic rings. The van der Waals surface area contributed by atoms with E-state index in [9.17, 15) is 23.1 Å². The Kier molecular flexibility index (Phi) is 13.7. The van der Waals surface area contributed by atoms with E-state index >= 15 is 0 Å². The second kappa shape index (κ2) is 19.4. The molecule has 0 saturated heterocycles. The number of carboxylic acids is 1. The van der Waals surface area contributed by atoms with Gasteiger partial charge in [-0.3, -0.25) is 19.1 Å². The Morgan fingerprint density at radius 3 is 2.45 bits per heavy atom. The number of fused-ring (bicyclic) bond motifs is 4. The van der Waals surface area contributed by atoms with Crippen molar-refractivity contribution in [2.75, 3.05) is 27.3 Å². The number of carbonyl (C=O) groups excluding carboxylic acids is 1. The fourth-order valence-corrected chi connectivity index (χ4v) is 10.9. The molecule has 67 heavy (non-hydrogen) atoms. The van der Waals surface area contributed by atoms with Crippen LogP contribution in [0.2, 0.25) is 5.02 Å². The maximum atomic E-state index is 13.8. The van der Waals surface area contributed by atoms with Crippen LogP contribution < -0.4 is 14.8 Å². The monoisotopic (exact) mass is 962 g/mol. The average Bonchev–Trinajstić information content (AvgIpc) is 3.94. The molecule has 348 valence electrons. The van der Waals surface area contributed by atoms with Crippen molar-refractivity contribution in [3.8, 4) is 16.5 Å². The number of aromatic nitrogens is 5. The summed E-state index contributed by atoms with van der Waals surface area (Å²) in [6.07, 6.45) is 2.05. The molecule has 3 aromatic heterocycles. The summed E-state index contributed by atoms with van der Waals surface area (Å²) < 4.78 is 44.4. The van der Waals surface area contributed by atoms with Gasteiger partial charge in [0.05, 0.1) is 49.0 Å². The number of aryl methyl sites for hydroxylation is 4. The summed E-state index contributed by atoms with van der Waals surface area (Å²) >= 11 is 7.89. The lowest BCUT2D eigenvalue weighted by Gasteiger charge is -2.22. The molecule has 15 nitrogen and oxygen atoms in total. The Morgan fingerprint density at radius 1 is 0.985 bits per heavy atom. The van der Waals surface area contributed by atoms with Gasteiger partial charge in [-0.05, 0) is 110 Å². The maximum absolute atomic E-state index is 13.8. The summed E-state index contributed by atoms with van der Waals surface area (Å²) in [5.41, 5.74) is 8.30. The molecule has 1 unspecified atom stereocenters. The summed E-state index contributed by atoms with van der Waals surface area (Å²) in [7, 11) is 1.02. The van der Waals surface area contributed by atoms with Crippen LogP contribution in [0.4, 0.5) is 0 Å². The van der Waals surface area contributed by atoms with Gasteiger partial charge in [-0.25, -0.2) is 13.4 Å². The lowest BCUT2D eigenvalue weighted by atomic mass is 9.86. The molecule has 0 fully saturated rings. The van der Waals surface area contributed by atoms with Crippen LogP contribution in [-0.2, 0) is 33.2 Å². The smallest absolute Gasteiger partial charge is 0.304 e. The number of nitrogens with one attached hydrogen (secondary N) is 1. The van der Waals surface area contributed by atoms with Crippen molar-refractivity contribution in [1.29, 1.82) is 0 Å². The van der Waals surface area contributed by atoms with E-state index in [1.165, 1.54) is 23.5 Å². The van der Waals surface area contributed by atoms with Crippen molar-refractivity contribution in [3.63, 3.8) is 0 Å². The average molecular weight is 964 g/mol. The van der Waals surface area contributed by atoms with Gasteiger partial charge in [0.2, 0.25) is 15.9 Å². The van der Waals surface area contributed by atoms with Gasteiger partial charge in [0.15, 0.2) is 5.82 Å². The lowest BCUT2D eigenvalue weighted by Crippen LogP contribution is -2.27. The van der Waals surface area contributed by atoms with E-state index in [2.05, 4.69) is 34.3 Å². The number of thiophene rings is 1. The number of hydrogen-bond acceptors (Lipinski definition) is 11. The molecule has 18 heteroatoms. The number of amides is 1. The second-order valence-corrected chi connectivity index (χ2v) is 20.4. The second-order valence-electron chi connectivity index (χ2n) is 16.7. The number of halogens is 1. The standard InChI is InChI=1S/C49H51ClN8O7S2/c1-28-9-10-33(39(24-44(60)61)34-22-40-47(42(23-34)64-7)56(5)27-52-40)21-35(28)26-57(6)67(62,63)38-17-15-37(16-18-38)65-20-8-19-51-43(59)25-41-48-55-54-31(4)58(48)49-45(29(2)30(3)66-49)46(53-41)32-11-13-36(50)14-12-32/h9-18,21-23,27,39,41H,8,19-20,24-26H2,1-7H3,(H,51,59)(H,60,61)/t39?,41-/m0/s1. The van der Waals surface area contributed by atoms with Crippen LogP contribution in [-0.4, -0.2) is 87.0 Å². The van der Waals surface area contributed by atoms with Gasteiger partial charge >= 0.3 is 5.97 Å². The first-order valence-electron chi connectivity index (χ1n) is 21.7. The summed E-state index contributed by atoms with van der Waals surface area (Å²) in [4.78, 5) is 36.5. The largest absolute Gasteiger partial charge is 0.494 e. The summed E-state index contributed by atoms with van der Waals surface area (Å²) in [6.45, 7) is 8.64.